The molecular weight excluding hydrogens is 389 g/mol. The maximum Gasteiger partial charge on any atom is 0.331 e. The molecule has 0 radical (unpaired) electrons. The first-order valence-corrected chi connectivity index (χ1v) is 9.98. The number of hydrogen-bond acceptors (Lipinski definition) is 5. The third kappa shape index (κ3) is 5.73. The van der Waals surface area contributed by atoms with Gasteiger partial charge in [-0.2, -0.15) is 0 Å². The van der Waals surface area contributed by atoms with Gasteiger partial charge in [-0.15, -0.1) is 0 Å². The Balaban J connectivity index is 1.86. The molecule has 2 rings (SSSR count). The Bertz CT molecular complexity index is 802. The molecule has 1 aliphatic rings. The molecule has 1 N–H and O–H groups in total. The third-order valence-electron chi connectivity index (χ3n) is 3.68. The topological polar surface area (TPSA) is 89.5 Å². The minimum atomic E-state index is -3.14. The van der Waals surface area contributed by atoms with E-state index >= 15 is 0 Å². The molecule has 0 saturated carbocycles. The molecule has 1 aliphatic heterocycles. The SMILES string of the molecule is C[C@]1(NC(=O)COC(=O)/C=C/c2c(Cl)cccc2Cl)CCS(=O)(=O)C1. The predicted octanol–water partition coefficient (Wildman–Crippen LogP) is 2.24. The van der Waals surface area contributed by atoms with Gasteiger partial charge in [0.25, 0.3) is 5.91 Å². The number of nitrogens with one attached hydrogen (secondary N) is 1. The molecule has 6 nitrogen and oxygen atoms in total. The molecule has 0 aromatic heterocycles. The average Bonchev–Trinajstić information content (AvgIpc) is 2.78. The van der Waals surface area contributed by atoms with Crippen molar-refractivity contribution in [2.45, 2.75) is 18.9 Å². The maximum absolute atomic E-state index is 11.9. The molecule has 136 valence electrons. The van der Waals surface area contributed by atoms with Crippen LogP contribution < -0.4 is 5.32 Å². The number of halogens is 2. The van der Waals surface area contributed by atoms with E-state index in [1.807, 2.05) is 0 Å². The second-order valence-electron chi connectivity index (χ2n) is 6.03. The molecule has 1 aromatic rings. The molecule has 0 unspecified atom stereocenters. The minimum Gasteiger partial charge on any atom is -0.452 e. The number of hydrogen-bond donors (Lipinski definition) is 1. The van der Waals surface area contributed by atoms with E-state index in [2.05, 4.69) is 5.32 Å². The Hall–Kier alpha value is -1.57. The first kappa shape index (κ1) is 19.8. The van der Waals surface area contributed by atoms with Crippen LogP contribution in [0.1, 0.15) is 18.9 Å². The van der Waals surface area contributed by atoms with Crippen molar-refractivity contribution < 1.29 is 22.7 Å². The summed E-state index contributed by atoms with van der Waals surface area (Å²) in [4.78, 5) is 23.5. The highest BCUT2D eigenvalue weighted by Gasteiger charge is 2.39. The van der Waals surface area contributed by atoms with E-state index in [1.54, 1.807) is 25.1 Å². The first-order chi connectivity index (χ1) is 11.6. The zero-order valence-electron chi connectivity index (χ0n) is 13.4. The van der Waals surface area contributed by atoms with Crippen LogP contribution in [0.15, 0.2) is 24.3 Å². The molecule has 0 aliphatic carbocycles. The Kier molecular flexibility index (Phi) is 6.13. The lowest BCUT2D eigenvalue weighted by atomic mass is 10.0. The van der Waals surface area contributed by atoms with Crippen molar-refractivity contribution >= 4 is 51.0 Å². The number of amides is 1. The fraction of sp³-hybridized carbons (Fsp3) is 0.375. The Morgan fingerprint density at radius 3 is 2.52 bits per heavy atom. The van der Waals surface area contributed by atoms with Crippen molar-refractivity contribution in [1.82, 2.24) is 5.32 Å². The van der Waals surface area contributed by atoms with E-state index in [0.717, 1.165) is 6.08 Å². The van der Waals surface area contributed by atoms with Crippen LogP contribution in [0.2, 0.25) is 10.0 Å². The van der Waals surface area contributed by atoms with Crippen LogP contribution in [0, 0.1) is 0 Å². The highest BCUT2D eigenvalue weighted by atomic mass is 35.5. The smallest absolute Gasteiger partial charge is 0.331 e. The molecule has 0 bridgehead atoms. The minimum absolute atomic E-state index is 0.0326. The van der Waals surface area contributed by atoms with Gasteiger partial charge in [-0.25, -0.2) is 13.2 Å². The number of ether oxygens (including phenoxy) is 1. The molecule has 1 amide bonds. The molecule has 9 heteroatoms. The lowest BCUT2D eigenvalue weighted by Gasteiger charge is -2.23. The largest absolute Gasteiger partial charge is 0.452 e. The van der Waals surface area contributed by atoms with Gasteiger partial charge < -0.3 is 10.1 Å². The first-order valence-electron chi connectivity index (χ1n) is 7.41. The Labute approximate surface area is 156 Å². The fourth-order valence-corrected chi connectivity index (χ4v) is 5.10. The van der Waals surface area contributed by atoms with Crippen LogP contribution in [0.5, 0.6) is 0 Å². The second-order valence-corrected chi connectivity index (χ2v) is 9.03. The monoisotopic (exact) mass is 405 g/mol. The van der Waals surface area contributed by atoms with Gasteiger partial charge in [-0.1, -0.05) is 29.3 Å². The van der Waals surface area contributed by atoms with Gasteiger partial charge in [0.05, 0.1) is 17.0 Å². The van der Waals surface area contributed by atoms with E-state index < -0.39 is 33.9 Å². The van der Waals surface area contributed by atoms with Crippen molar-refractivity contribution in [3.8, 4) is 0 Å². The van der Waals surface area contributed by atoms with Crippen LogP contribution >= 0.6 is 23.2 Å². The number of benzene rings is 1. The van der Waals surface area contributed by atoms with E-state index in [9.17, 15) is 18.0 Å². The molecule has 1 saturated heterocycles. The summed E-state index contributed by atoms with van der Waals surface area (Å²) >= 11 is 11.9. The van der Waals surface area contributed by atoms with E-state index in [0.29, 0.717) is 22.0 Å². The zero-order chi connectivity index (χ0) is 18.7. The number of carbonyl (C=O) groups is 2. The molecule has 1 fully saturated rings. The Morgan fingerprint density at radius 2 is 1.96 bits per heavy atom. The molecule has 1 atom stereocenters. The number of sulfone groups is 1. The summed E-state index contributed by atoms with van der Waals surface area (Å²) in [5.41, 5.74) is -0.362. The standard InChI is InChI=1S/C16H17Cl2NO5S/c1-16(7-8-25(22,23)10-16)19-14(20)9-24-15(21)6-5-11-12(17)3-2-4-13(11)18/h2-6H,7-10H2,1H3,(H,19,20)/b6-5+/t16-/m0/s1. The van der Waals surface area contributed by atoms with Crippen molar-refractivity contribution in [3.05, 3.63) is 39.9 Å². The van der Waals surface area contributed by atoms with Gasteiger partial charge in [-0.3, -0.25) is 4.79 Å². The zero-order valence-corrected chi connectivity index (χ0v) is 15.7. The summed E-state index contributed by atoms with van der Waals surface area (Å²) in [7, 11) is -3.14. The summed E-state index contributed by atoms with van der Waals surface area (Å²) in [6.07, 6.45) is 2.85. The number of carbonyl (C=O) groups excluding carboxylic acids is 2. The summed E-state index contributed by atoms with van der Waals surface area (Å²) in [6, 6.07) is 4.93. The van der Waals surface area contributed by atoms with Crippen LogP contribution in [-0.4, -0.2) is 43.9 Å². The van der Waals surface area contributed by atoms with Crippen molar-refractivity contribution in [1.29, 1.82) is 0 Å². The van der Waals surface area contributed by atoms with Gasteiger partial charge in [0.15, 0.2) is 16.4 Å². The van der Waals surface area contributed by atoms with Crippen LogP contribution in [0.25, 0.3) is 6.08 Å². The summed E-state index contributed by atoms with van der Waals surface area (Å²) in [6.45, 7) is 1.14. The van der Waals surface area contributed by atoms with Crippen molar-refractivity contribution in [3.63, 3.8) is 0 Å². The molecular formula is C16H17Cl2NO5S. The van der Waals surface area contributed by atoms with E-state index in [1.165, 1.54) is 6.08 Å². The van der Waals surface area contributed by atoms with Crippen LogP contribution in [0.4, 0.5) is 0 Å². The molecule has 1 aromatic carbocycles. The lowest BCUT2D eigenvalue weighted by molar-refractivity contribution is -0.144. The van der Waals surface area contributed by atoms with Gasteiger partial charge in [0, 0.05) is 21.7 Å². The summed E-state index contributed by atoms with van der Waals surface area (Å²) < 4.78 is 27.8. The number of rotatable bonds is 5. The fourth-order valence-electron chi connectivity index (χ4n) is 2.49. The van der Waals surface area contributed by atoms with Gasteiger partial charge in [0.1, 0.15) is 0 Å². The van der Waals surface area contributed by atoms with Gasteiger partial charge in [-0.05, 0) is 31.6 Å². The van der Waals surface area contributed by atoms with Gasteiger partial charge >= 0.3 is 5.97 Å². The van der Waals surface area contributed by atoms with E-state index in [4.69, 9.17) is 27.9 Å². The number of esters is 1. The second kappa shape index (κ2) is 7.76. The van der Waals surface area contributed by atoms with Crippen molar-refractivity contribution in [2.24, 2.45) is 0 Å². The van der Waals surface area contributed by atoms with Crippen molar-refractivity contribution in [2.75, 3.05) is 18.1 Å². The van der Waals surface area contributed by atoms with Crippen LogP contribution in [0.3, 0.4) is 0 Å². The third-order valence-corrected chi connectivity index (χ3v) is 6.24. The lowest BCUT2D eigenvalue weighted by Crippen LogP contribution is -2.48. The highest BCUT2D eigenvalue weighted by molar-refractivity contribution is 7.91. The maximum atomic E-state index is 11.9. The van der Waals surface area contributed by atoms with E-state index in [-0.39, 0.29) is 11.5 Å². The van der Waals surface area contributed by atoms with Crippen LogP contribution in [-0.2, 0) is 24.2 Å². The summed E-state index contributed by atoms with van der Waals surface area (Å²) in [5, 5.41) is 3.36. The molecule has 25 heavy (non-hydrogen) atoms. The highest BCUT2D eigenvalue weighted by Crippen LogP contribution is 2.25. The van der Waals surface area contributed by atoms with Gasteiger partial charge in [0.2, 0.25) is 0 Å². The predicted molar refractivity (Wildman–Crippen MR) is 96.3 cm³/mol. The average molecular weight is 406 g/mol. The quantitative estimate of drug-likeness (QED) is 0.599. The summed E-state index contributed by atoms with van der Waals surface area (Å²) in [5.74, 6) is -1.39. The Morgan fingerprint density at radius 1 is 1.32 bits per heavy atom. The normalized spacial score (nSPS) is 22.0. The molecule has 1 heterocycles. The molecule has 0 spiro atoms.